The van der Waals surface area contributed by atoms with Crippen LogP contribution in [0.2, 0.25) is 0 Å². The zero-order valence-electron chi connectivity index (χ0n) is 26.2. The molecule has 0 atom stereocenters. The zero-order valence-corrected chi connectivity index (χ0v) is 26.2. The Morgan fingerprint density at radius 3 is 2.45 bits per heavy atom. The van der Waals surface area contributed by atoms with E-state index in [1.54, 1.807) is 12.3 Å². The van der Waals surface area contributed by atoms with Gasteiger partial charge in [0.15, 0.2) is 0 Å². The van der Waals surface area contributed by atoms with Gasteiger partial charge in [0.25, 0.3) is 0 Å². The standard InChI is InChI=1S/C40H34N4O3/c1-2-47-36-24-34(25-10-5-3-6-11-25)42-33-19-16-28(23-31(33)36)39-43-38-35(44(39)29-13-7-4-8-14-29)20-17-30(40(45)46)37(38)27-15-18-32-26(22-27)12-9-21-41-32/h3,5-6,9-12,15-24,29H,2,4,7-8,13-14H2,1H3,(H,45,46). The highest BCUT2D eigenvalue weighted by atomic mass is 16.5. The van der Waals surface area contributed by atoms with Gasteiger partial charge in [-0.15, -0.1) is 0 Å². The number of ether oxygens (including phenoxy) is 1. The predicted octanol–water partition coefficient (Wildman–Crippen LogP) is 9.74. The Hall–Kier alpha value is -5.56. The molecule has 0 spiro atoms. The Morgan fingerprint density at radius 2 is 1.64 bits per heavy atom. The van der Waals surface area contributed by atoms with Crippen LogP contribution in [-0.2, 0) is 0 Å². The topological polar surface area (TPSA) is 90.1 Å². The molecule has 1 N–H and O–H groups in total. The SMILES string of the molecule is CCOc1cc(-c2ccccc2)nc2ccc(-c3nc4c(-c5ccc6ncccc6c5)c(C(=O)O)ccc4n3C3CCCCC3)cc12. The van der Waals surface area contributed by atoms with Crippen LogP contribution in [0, 0.1) is 0 Å². The van der Waals surface area contributed by atoms with Crippen molar-refractivity contribution >= 4 is 38.8 Å². The summed E-state index contributed by atoms with van der Waals surface area (Å²) in [5.41, 5.74) is 7.85. The summed E-state index contributed by atoms with van der Waals surface area (Å²) in [5.74, 6) is 0.626. The zero-order chi connectivity index (χ0) is 31.9. The summed E-state index contributed by atoms with van der Waals surface area (Å²) in [6.07, 6.45) is 7.40. The van der Waals surface area contributed by atoms with Gasteiger partial charge >= 0.3 is 5.97 Å². The number of benzene rings is 4. The van der Waals surface area contributed by atoms with Crippen LogP contribution in [0.25, 0.3) is 66.6 Å². The molecule has 1 aliphatic rings. The Kier molecular flexibility index (Phi) is 7.37. The van der Waals surface area contributed by atoms with Gasteiger partial charge in [-0.25, -0.2) is 14.8 Å². The van der Waals surface area contributed by atoms with Crippen LogP contribution in [0.15, 0.2) is 103 Å². The average Bonchev–Trinajstić information content (AvgIpc) is 3.51. The number of hydrogen-bond acceptors (Lipinski definition) is 5. The molecule has 232 valence electrons. The summed E-state index contributed by atoms with van der Waals surface area (Å²) in [7, 11) is 0. The fourth-order valence-electron chi connectivity index (χ4n) is 7.14. The Balaban J connectivity index is 1.37. The van der Waals surface area contributed by atoms with Crippen molar-refractivity contribution < 1.29 is 14.6 Å². The van der Waals surface area contributed by atoms with E-state index < -0.39 is 5.97 Å². The summed E-state index contributed by atoms with van der Waals surface area (Å²) < 4.78 is 8.55. The summed E-state index contributed by atoms with van der Waals surface area (Å²) >= 11 is 0. The van der Waals surface area contributed by atoms with Crippen molar-refractivity contribution in [2.45, 2.75) is 45.1 Å². The van der Waals surface area contributed by atoms with E-state index in [-0.39, 0.29) is 11.6 Å². The number of aromatic nitrogens is 4. The van der Waals surface area contributed by atoms with Gasteiger partial charge in [0.05, 0.1) is 39.9 Å². The molecule has 7 heteroatoms. The van der Waals surface area contributed by atoms with E-state index in [0.717, 1.165) is 87.0 Å². The van der Waals surface area contributed by atoms with Gasteiger partial charge in [0.2, 0.25) is 0 Å². The molecule has 8 rings (SSSR count). The van der Waals surface area contributed by atoms with Crippen LogP contribution in [0.4, 0.5) is 0 Å². The van der Waals surface area contributed by atoms with E-state index >= 15 is 0 Å². The van der Waals surface area contributed by atoms with Gasteiger partial charge in [0, 0.05) is 45.8 Å². The van der Waals surface area contributed by atoms with Crippen LogP contribution in [0.1, 0.15) is 55.4 Å². The Labute approximate surface area is 272 Å². The third kappa shape index (κ3) is 5.18. The first-order valence-corrected chi connectivity index (χ1v) is 16.4. The second-order valence-corrected chi connectivity index (χ2v) is 12.2. The van der Waals surface area contributed by atoms with Crippen molar-refractivity contribution in [3.05, 3.63) is 109 Å². The van der Waals surface area contributed by atoms with Gasteiger partial charge in [-0.05, 0) is 73.9 Å². The number of aromatic carboxylic acids is 1. The molecular weight excluding hydrogens is 584 g/mol. The number of fused-ring (bicyclic) bond motifs is 3. The predicted molar refractivity (Wildman–Crippen MR) is 187 cm³/mol. The fraction of sp³-hybridized carbons (Fsp3) is 0.200. The monoisotopic (exact) mass is 618 g/mol. The van der Waals surface area contributed by atoms with Crippen molar-refractivity contribution in [2.24, 2.45) is 0 Å². The van der Waals surface area contributed by atoms with E-state index in [1.807, 2.05) is 73.7 Å². The Morgan fingerprint density at radius 1 is 0.830 bits per heavy atom. The second-order valence-electron chi connectivity index (χ2n) is 12.2. The normalized spacial score (nSPS) is 13.8. The van der Waals surface area contributed by atoms with Gasteiger partial charge in [-0.2, -0.15) is 0 Å². The molecule has 1 fully saturated rings. The molecule has 0 aliphatic heterocycles. The third-order valence-electron chi connectivity index (χ3n) is 9.32. The summed E-state index contributed by atoms with van der Waals surface area (Å²) in [4.78, 5) is 27.5. The highest BCUT2D eigenvalue weighted by Gasteiger charge is 2.27. The molecule has 1 aliphatic carbocycles. The number of carboxylic acids is 1. The first-order valence-electron chi connectivity index (χ1n) is 16.4. The molecule has 0 saturated heterocycles. The van der Waals surface area contributed by atoms with Gasteiger partial charge in [-0.3, -0.25) is 4.98 Å². The highest BCUT2D eigenvalue weighted by molar-refractivity contribution is 6.07. The quantitative estimate of drug-likeness (QED) is 0.191. The molecule has 0 unspecified atom stereocenters. The third-order valence-corrected chi connectivity index (χ3v) is 9.32. The largest absolute Gasteiger partial charge is 0.493 e. The number of nitrogens with zero attached hydrogens (tertiary/aromatic N) is 4. The van der Waals surface area contributed by atoms with E-state index in [2.05, 4.69) is 33.8 Å². The molecular formula is C40H34N4O3. The number of imidazole rings is 1. The smallest absolute Gasteiger partial charge is 0.336 e. The van der Waals surface area contributed by atoms with E-state index in [1.165, 1.54) is 6.42 Å². The molecule has 3 aromatic heterocycles. The fourth-order valence-corrected chi connectivity index (χ4v) is 7.14. The van der Waals surface area contributed by atoms with Crippen LogP contribution < -0.4 is 4.74 Å². The van der Waals surface area contributed by atoms with E-state index in [4.69, 9.17) is 14.7 Å². The molecule has 7 nitrogen and oxygen atoms in total. The van der Waals surface area contributed by atoms with Crippen LogP contribution in [0.3, 0.4) is 0 Å². The van der Waals surface area contributed by atoms with Crippen molar-refractivity contribution in [2.75, 3.05) is 6.61 Å². The molecule has 3 heterocycles. The number of hydrogen-bond donors (Lipinski definition) is 1. The molecule has 0 radical (unpaired) electrons. The van der Waals surface area contributed by atoms with Gasteiger partial charge in [-0.1, -0.05) is 61.7 Å². The Bertz CT molecular complexity index is 2290. The lowest BCUT2D eigenvalue weighted by atomic mass is 9.94. The molecule has 1 saturated carbocycles. The van der Waals surface area contributed by atoms with Crippen LogP contribution >= 0.6 is 0 Å². The maximum Gasteiger partial charge on any atom is 0.336 e. The van der Waals surface area contributed by atoms with Gasteiger partial charge < -0.3 is 14.4 Å². The lowest BCUT2D eigenvalue weighted by Crippen LogP contribution is -2.14. The molecule has 0 amide bonds. The average molecular weight is 619 g/mol. The maximum absolute atomic E-state index is 12.7. The van der Waals surface area contributed by atoms with E-state index in [0.29, 0.717) is 17.7 Å². The minimum Gasteiger partial charge on any atom is -0.493 e. The number of pyridine rings is 2. The molecule has 4 aromatic carbocycles. The van der Waals surface area contributed by atoms with Crippen molar-refractivity contribution in [1.82, 2.24) is 19.5 Å². The minimum absolute atomic E-state index is 0.232. The summed E-state index contributed by atoms with van der Waals surface area (Å²) in [6, 6.07) is 32.2. The van der Waals surface area contributed by atoms with Crippen molar-refractivity contribution in [3.8, 4) is 39.5 Å². The number of carboxylic acid groups (broad SMARTS) is 1. The molecule has 47 heavy (non-hydrogen) atoms. The van der Waals surface area contributed by atoms with Crippen molar-refractivity contribution in [1.29, 1.82) is 0 Å². The minimum atomic E-state index is -0.977. The lowest BCUT2D eigenvalue weighted by molar-refractivity contribution is 0.0698. The summed E-state index contributed by atoms with van der Waals surface area (Å²) in [6.45, 7) is 2.52. The second kappa shape index (κ2) is 12.0. The highest BCUT2D eigenvalue weighted by Crippen LogP contribution is 2.42. The summed E-state index contributed by atoms with van der Waals surface area (Å²) in [5, 5.41) is 12.2. The first-order chi connectivity index (χ1) is 23.1. The van der Waals surface area contributed by atoms with Crippen LogP contribution in [0.5, 0.6) is 5.75 Å². The van der Waals surface area contributed by atoms with Crippen molar-refractivity contribution in [3.63, 3.8) is 0 Å². The molecule has 0 bridgehead atoms. The maximum atomic E-state index is 12.7. The number of rotatable bonds is 7. The van der Waals surface area contributed by atoms with E-state index in [9.17, 15) is 9.90 Å². The first kappa shape index (κ1) is 28.9. The number of carbonyl (C=O) groups is 1. The lowest BCUT2D eigenvalue weighted by Gasteiger charge is -2.26. The van der Waals surface area contributed by atoms with Crippen LogP contribution in [-0.4, -0.2) is 37.2 Å². The van der Waals surface area contributed by atoms with Gasteiger partial charge in [0.1, 0.15) is 11.6 Å². The molecule has 7 aromatic rings.